The number of fused-ring (bicyclic) bond motifs is 1. The summed E-state index contributed by atoms with van der Waals surface area (Å²) in [4.78, 5) is 17.9. The first-order valence-corrected chi connectivity index (χ1v) is 7.52. The summed E-state index contributed by atoms with van der Waals surface area (Å²) in [6.45, 7) is 3.27. The first-order valence-electron chi connectivity index (χ1n) is 7.52. The molecular formula is C17H20N2O2. The number of anilines is 1. The Balaban J connectivity index is 2.11. The van der Waals surface area contributed by atoms with Crippen molar-refractivity contribution in [2.75, 3.05) is 11.4 Å². The average molecular weight is 284 g/mol. The molecular weight excluding hydrogens is 264 g/mol. The third kappa shape index (κ3) is 2.84. The molecule has 2 aromatic rings. The molecule has 110 valence electrons. The predicted molar refractivity (Wildman–Crippen MR) is 83.7 cm³/mol. The molecule has 1 fully saturated rings. The van der Waals surface area contributed by atoms with Crippen LogP contribution in [0.4, 0.5) is 5.69 Å². The highest BCUT2D eigenvalue weighted by atomic mass is 16.4. The van der Waals surface area contributed by atoms with Gasteiger partial charge in [0.1, 0.15) is 0 Å². The molecule has 1 saturated heterocycles. The van der Waals surface area contributed by atoms with Gasteiger partial charge >= 0.3 is 5.97 Å². The largest absolute Gasteiger partial charge is 0.481 e. The molecule has 0 bridgehead atoms. The Labute approximate surface area is 124 Å². The molecule has 1 atom stereocenters. The van der Waals surface area contributed by atoms with Crippen LogP contribution < -0.4 is 4.90 Å². The maximum absolute atomic E-state index is 11.0. The fraction of sp³-hybridized carbons (Fsp3) is 0.412. The Morgan fingerprint density at radius 1 is 1.38 bits per heavy atom. The van der Waals surface area contributed by atoms with Gasteiger partial charge in [0.05, 0.1) is 17.6 Å². The highest BCUT2D eigenvalue weighted by Gasteiger charge is 2.21. The highest BCUT2D eigenvalue weighted by Crippen LogP contribution is 2.31. The van der Waals surface area contributed by atoms with Gasteiger partial charge in [-0.3, -0.25) is 9.78 Å². The van der Waals surface area contributed by atoms with Gasteiger partial charge in [-0.15, -0.1) is 0 Å². The number of pyridine rings is 1. The van der Waals surface area contributed by atoms with Crippen molar-refractivity contribution >= 4 is 22.6 Å². The number of carboxylic acids is 1. The van der Waals surface area contributed by atoms with Crippen molar-refractivity contribution in [2.45, 2.75) is 38.6 Å². The van der Waals surface area contributed by atoms with Gasteiger partial charge in [0, 0.05) is 23.7 Å². The maximum Gasteiger partial charge on any atom is 0.309 e. The fourth-order valence-electron chi connectivity index (χ4n) is 3.15. The molecule has 0 radical (unpaired) electrons. The van der Waals surface area contributed by atoms with Crippen LogP contribution in [0, 0.1) is 0 Å². The summed E-state index contributed by atoms with van der Waals surface area (Å²) in [6, 6.07) is 10.4. The Kier molecular flexibility index (Phi) is 3.78. The van der Waals surface area contributed by atoms with Crippen molar-refractivity contribution in [3.8, 4) is 0 Å². The summed E-state index contributed by atoms with van der Waals surface area (Å²) in [6.07, 6.45) is 3.61. The zero-order valence-corrected chi connectivity index (χ0v) is 12.2. The summed E-state index contributed by atoms with van der Waals surface area (Å²) in [5, 5.41) is 10.2. The molecule has 3 rings (SSSR count). The molecule has 0 aliphatic carbocycles. The molecule has 4 nitrogen and oxygen atoms in total. The second-order valence-corrected chi connectivity index (χ2v) is 5.76. The second kappa shape index (κ2) is 5.72. The Morgan fingerprint density at radius 2 is 2.19 bits per heavy atom. The lowest BCUT2D eigenvalue weighted by atomic mass is 10.0. The lowest BCUT2D eigenvalue weighted by Crippen LogP contribution is -2.37. The van der Waals surface area contributed by atoms with Gasteiger partial charge in [-0.1, -0.05) is 18.2 Å². The topological polar surface area (TPSA) is 53.4 Å². The summed E-state index contributed by atoms with van der Waals surface area (Å²) < 4.78 is 0. The van der Waals surface area contributed by atoms with Crippen molar-refractivity contribution < 1.29 is 9.90 Å². The third-order valence-corrected chi connectivity index (χ3v) is 4.19. The van der Waals surface area contributed by atoms with Crippen LogP contribution in [-0.2, 0) is 11.2 Å². The minimum Gasteiger partial charge on any atom is -0.481 e. The summed E-state index contributed by atoms with van der Waals surface area (Å²) >= 11 is 0. The van der Waals surface area contributed by atoms with E-state index in [1.165, 1.54) is 19.3 Å². The predicted octanol–water partition coefficient (Wildman–Crippen LogP) is 3.24. The van der Waals surface area contributed by atoms with E-state index in [0.29, 0.717) is 11.7 Å². The Hall–Kier alpha value is -2.10. The van der Waals surface area contributed by atoms with Crippen LogP contribution in [0.1, 0.15) is 31.9 Å². The Bertz CT molecular complexity index is 669. The van der Waals surface area contributed by atoms with Gasteiger partial charge in [-0.2, -0.15) is 0 Å². The van der Waals surface area contributed by atoms with E-state index < -0.39 is 5.97 Å². The van der Waals surface area contributed by atoms with Crippen LogP contribution in [0.2, 0.25) is 0 Å². The quantitative estimate of drug-likeness (QED) is 0.940. The van der Waals surface area contributed by atoms with Gasteiger partial charge in [0.15, 0.2) is 0 Å². The van der Waals surface area contributed by atoms with Gasteiger partial charge in [-0.25, -0.2) is 0 Å². The number of carboxylic acid groups (broad SMARTS) is 1. The summed E-state index contributed by atoms with van der Waals surface area (Å²) in [5.41, 5.74) is 2.64. The number of aliphatic carboxylic acids is 1. The standard InChI is InChI=1S/C17H20N2O2/c1-12-6-4-5-9-19(12)16-10-13(11-17(20)21)18-15-8-3-2-7-14(15)16/h2-3,7-8,10,12H,4-6,9,11H2,1H3,(H,20,21). The minimum atomic E-state index is -0.838. The van der Waals surface area contributed by atoms with Crippen LogP contribution in [0.25, 0.3) is 10.9 Å². The third-order valence-electron chi connectivity index (χ3n) is 4.19. The molecule has 0 amide bonds. The van der Waals surface area contributed by atoms with Crippen LogP contribution in [-0.4, -0.2) is 28.6 Å². The molecule has 0 saturated carbocycles. The van der Waals surface area contributed by atoms with Crippen molar-refractivity contribution in [1.29, 1.82) is 0 Å². The van der Waals surface area contributed by atoms with E-state index in [1.54, 1.807) is 0 Å². The number of carbonyl (C=O) groups is 1. The fourth-order valence-corrected chi connectivity index (χ4v) is 3.15. The van der Waals surface area contributed by atoms with Crippen molar-refractivity contribution in [3.05, 3.63) is 36.0 Å². The van der Waals surface area contributed by atoms with E-state index in [4.69, 9.17) is 5.11 Å². The summed E-state index contributed by atoms with van der Waals surface area (Å²) in [5.74, 6) is -0.838. The van der Waals surface area contributed by atoms with E-state index in [-0.39, 0.29) is 6.42 Å². The minimum absolute atomic E-state index is 0.0277. The zero-order chi connectivity index (χ0) is 14.8. The molecule has 2 heterocycles. The first kappa shape index (κ1) is 13.9. The van der Waals surface area contributed by atoms with Crippen LogP contribution >= 0.6 is 0 Å². The van der Waals surface area contributed by atoms with E-state index in [0.717, 1.165) is 23.1 Å². The SMILES string of the molecule is CC1CCCCN1c1cc(CC(=O)O)nc2ccccc12. The molecule has 1 aliphatic heterocycles. The van der Waals surface area contributed by atoms with E-state index in [2.05, 4.69) is 22.9 Å². The van der Waals surface area contributed by atoms with Crippen LogP contribution in [0.5, 0.6) is 0 Å². The van der Waals surface area contributed by atoms with E-state index >= 15 is 0 Å². The molecule has 1 unspecified atom stereocenters. The molecule has 1 N–H and O–H groups in total. The second-order valence-electron chi connectivity index (χ2n) is 5.76. The smallest absolute Gasteiger partial charge is 0.309 e. The van der Waals surface area contributed by atoms with Crippen LogP contribution in [0.15, 0.2) is 30.3 Å². The van der Waals surface area contributed by atoms with E-state index in [9.17, 15) is 4.79 Å². The van der Waals surface area contributed by atoms with Gasteiger partial charge in [0.2, 0.25) is 0 Å². The zero-order valence-electron chi connectivity index (χ0n) is 12.2. The number of para-hydroxylation sites is 1. The van der Waals surface area contributed by atoms with Crippen LogP contribution in [0.3, 0.4) is 0 Å². The first-order chi connectivity index (χ1) is 10.1. The normalized spacial score (nSPS) is 18.9. The lowest BCUT2D eigenvalue weighted by molar-refractivity contribution is -0.136. The van der Waals surface area contributed by atoms with Crippen molar-refractivity contribution in [3.63, 3.8) is 0 Å². The molecule has 1 aromatic heterocycles. The van der Waals surface area contributed by atoms with Crippen molar-refractivity contribution in [1.82, 2.24) is 4.98 Å². The highest BCUT2D eigenvalue weighted by molar-refractivity contribution is 5.92. The molecule has 1 aromatic carbocycles. The number of benzene rings is 1. The molecule has 21 heavy (non-hydrogen) atoms. The molecule has 0 spiro atoms. The number of hydrogen-bond acceptors (Lipinski definition) is 3. The molecule has 1 aliphatic rings. The lowest BCUT2D eigenvalue weighted by Gasteiger charge is -2.36. The van der Waals surface area contributed by atoms with Crippen molar-refractivity contribution in [2.24, 2.45) is 0 Å². The monoisotopic (exact) mass is 284 g/mol. The van der Waals surface area contributed by atoms with Gasteiger partial charge < -0.3 is 10.0 Å². The Morgan fingerprint density at radius 3 is 2.95 bits per heavy atom. The number of nitrogens with zero attached hydrogens (tertiary/aromatic N) is 2. The van der Waals surface area contributed by atoms with Gasteiger partial charge in [0.25, 0.3) is 0 Å². The number of hydrogen-bond donors (Lipinski definition) is 1. The number of aromatic nitrogens is 1. The maximum atomic E-state index is 11.0. The van der Waals surface area contributed by atoms with E-state index in [1.807, 2.05) is 24.3 Å². The molecule has 4 heteroatoms. The average Bonchev–Trinajstić information content (AvgIpc) is 2.46. The number of piperidine rings is 1. The summed E-state index contributed by atoms with van der Waals surface area (Å²) in [7, 11) is 0. The number of rotatable bonds is 3. The van der Waals surface area contributed by atoms with Gasteiger partial charge in [-0.05, 0) is 38.3 Å².